The maximum Gasteiger partial charge on any atom is 0.305 e. The van der Waals surface area contributed by atoms with Crippen molar-refractivity contribution in [2.24, 2.45) is 34.7 Å². The van der Waals surface area contributed by atoms with Crippen molar-refractivity contribution in [3.05, 3.63) is 84.2 Å². The number of benzene rings is 2. The molecule has 6 nitrogen and oxygen atoms in total. The second-order valence-electron chi connectivity index (χ2n) is 9.80. The summed E-state index contributed by atoms with van der Waals surface area (Å²) < 4.78 is 0. The molecule has 2 aromatic carbocycles. The topological polar surface area (TPSA) is 82.6 Å². The van der Waals surface area contributed by atoms with Gasteiger partial charge in [0, 0.05) is 26.1 Å². The first-order chi connectivity index (χ1) is 17.4. The fourth-order valence-corrected chi connectivity index (χ4v) is 9.97. The minimum atomic E-state index is -0.376. The van der Waals surface area contributed by atoms with Crippen molar-refractivity contribution >= 4 is 64.3 Å². The third kappa shape index (κ3) is 3.31. The van der Waals surface area contributed by atoms with Crippen LogP contribution in [0.3, 0.4) is 0 Å². The Morgan fingerprint density at radius 1 is 0.917 bits per heavy atom. The van der Waals surface area contributed by atoms with Crippen molar-refractivity contribution in [2.75, 3.05) is 0 Å². The van der Waals surface area contributed by atoms with Gasteiger partial charge in [0.05, 0.1) is 23.1 Å². The summed E-state index contributed by atoms with van der Waals surface area (Å²) in [6, 6.07) is 14.8. The summed E-state index contributed by atoms with van der Waals surface area (Å²) in [7, 11) is 0. The number of fused-ring (bicyclic) bond motifs is 9. The fraction of sp³-hybridized carbons (Fsp3) is 0.308. The molecule has 3 heterocycles. The highest BCUT2D eigenvalue weighted by molar-refractivity contribution is 8.00. The van der Waals surface area contributed by atoms with Gasteiger partial charge in [-0.05, 0) is 59.6 Å². The number of carbonyl (C=O) groups excluding carboxylic acids is 2. The number of aromatic amines is 1. The third-order valence-electron chi connectivity index (χ3n) is 8.12. The normalized spacial score (nSPS) is 32.3. The third-order valence-corrected chi connectivity index (χ3v) is 11.2. The molecule has 3 aromatic rings. The molecule has 2 amide bonds. The van der Waals surface area contributed by atoms with E-state index >= 15 is 0 Å². The Hall–Kier alpha value is -2.39. The number of hydrazone groups is 1. The zero-order valence-electron chi connectivity index (χ0n) is 18.6. The molecule has 36 heavy (non-hydrogen) atoms. The van der Waals surface area contributed by atoms with E-state index in [-0.39, 0.29) is 57.4 Å². The van der Waals surface area contributed by atoms with Crippen molar-refractivity contribution in [3.63, 3.8) is 0 Å². The molecule has 7 atom stereocenters. The minimum absolute atomic E-state index is 0.0158. The highest BCUT2D eigenvalue weighted by atomic mass is 35.5. The summed E-state index contributed by atoms with van der Waals surface area (Å²) >= 11 is 15.0. The van der Waals surface area contributed by atoms with E-state index in [0.717, 1.165) is 32.5 Å². The molecular weight excluding hydrogens is 537 g/mol. The monoisotopic (exact) mass is 555 g/mol. The van der Waals surface area contributed by atoms with Crippen molar-refractivity contribution in [1.82, 2.24) is 9.99 Å². The van der Waals surface area contributed by atoms with Crippen LogP contribution in [-0.4, -0.2) is 33.3 Å². The van der Waals surface area contributed by atoms with Crippen LogP contribution in [0.2, 0.25) is 10.0 Å². The molecule has 10 heteroatoms. The number of thiazole rings is 1. The van der Waals surface area contributed by atoms with E-state index in [0.29, 0.717) is 10.0 Å². The number of hydrogen-bond donors (Lipinski definition) is 1. The number of thioether (sulfide) groups is 1. The molecule has 2 aliphatic heterocycles. The summed E-state index contributed by atoms with van der Waals surface area (Å²) in [4.78, 5) is 43.3. The maximum atomic E-state index is 13.6. The van der Waals surface area contributed by atoms with Crippen molar-refractivity contribution in [3.8, 4) is 0 Å². The molecule has 2 saturated carbocycles. The molecule has 2 bridgehead atoms. The number of nitrogens with zero attached hydrogens (tertiary/aromatic N) is 2. The molecule has 1 N–H and O–H groups in total. The molecule has 2 aliphatic carbocycles. The summed E-state index contributed by atoms with van der Waals surface area (Å²) in [5.74, 6) is -0.917. The van der Waals surface area contributed by atoms with Crippen LogP contribution < -0.4 is 4.87 Å². The van der Waals surface area contributed by atoms with E-state index in [1.54, 1.807) is 36.0 Å². The molecule has 1 saturated heterocycles. The number of H-pyrrole nitrogens is 1. The van der Waals surface area contributed by atoms with Gasteiger partial charge in [-0.2, -0.15) is 10.1 Å². The standard InChI is InChI=1S/C26H19Cl2N3O3S2/c27-13-5-1-11(2-6-13)10-29-31-24(32)19-15-9-16(20(19)25(31)33)21-18(15)17(12-3-7-14(28)8-4-12)22-23(35-21)30-26(34)36-22/h1-8,10,15-21H,9H2,(H,30,34)/b29-10-/t15-,16-,17+,18-,19+,20-,21-/m1/s1. The van der Waals surface area contributed by atoms with Gasteiger partial charge in [0.15, 0.2) is 0 Å². The van der Waals surface area contributed by atoms with Gasteiger partial charge in [0.1, 0.15) is 0 Å². The van der Waals surface area contributed by atoms with Gasteiger partial charge >= 0.3 is 4.87 Å². The van der Waals surface area contributed by atoms with Gasteiger partial charge in [-0.25, -0.2) is 0 Å². The number of amides is 2. The Kier molecular flexibility index (Phi) is 5.26. The zero-order valence-corrected chi connectivity index (χ0v) is 21.8. The summed E-state index contributed by atoms with van der Waals surface area (Å²) in [5.41, 5.74) is 1.85. The van der Waals surface area contributed by atoms with Crippen molar-refractivity contribution < 1.29 is 9.59 Å². The Balaban J connectivity index is 1.25. The SMILES string of the molecule is O=C1[C@@H]2[C@H]3C[C@@H]([C@@H]2C(=O)N1/N=C\c1ccc(Cl)cc1)[C@@H]1[C@H](c2ccc(Cl)cc2)c2sc(=O)[nH]c2S[C@H]31. The van der Waals surface area contributed by atoms with E-state index in [2.05, 4.69) is 10.1 Å². The summed E-state index contributed by atoms with van der Waals surface area (Å²) in [6.07, 6.45) is 2.38. The fourth-order valence-electron chi connectivity index (χ4n) is 6.83. The Morgan fingerprint density at radius 2 is 1.56 bits per heavy atom. The number of rotatable bonds is 3. The Morgan fingerprint density at radius 3 is 2.25 bits per heavy atom. The average molecular weight is 556 g/mol. The van der Waals surface area contributed by atoms with Crippen LogP contribution in [-0.2, 0) is 9.59 Å². The summed E-state index contributed by atoms with van der Waals surface area (Å²) in [6.45, 7) is 0. The number of aromatic nitrogens is 1. The average Bonchev–Trinajstić information content (AvgIpc) is 3.59. The molecule has 0 spiro atoms. The van der Waals surface area contributed by atoms with Crippen LogP contribution in [0.25, 0.3) is 0 Å². The van der Waals surface area contributed by atoms with Crippen LogP contribution in [0.15, 0.2) is 63.5 Å². The minimum Gasteiger partial charge on any atom is -0.307 e. The molecule has 4 aliphatic rings. The van der Waals surface area contributed by atoms with Crippen molar-refractivity contribution in [2.45, 2.75) is 22.6 Å². The number of hydrogen-bond acceptors (Lipinski definition) is 6. The van der Waals surface area contributed by atoms with Gasteiger partial charge in [0.25, 0.3) is 11.8 Å². The molecule has 7 rings (SSSR count). The smallest absolute Gasteiger partial charge is 0.305 e. The Bertz CT molecular complexity index is 1480. The molecule has 0 radical (unpaired) electrons. The van der Waals surface area contributed by atoms with E-state index in [1.165, 1.54) is 17.6 Å². The molecule has 1 aromatic heterocycles. The first-order valence-electron chi connectivity index (χ1n) is 11.7. The van der Waals surface area contributed by atoms with Crippen LogP contribution in [0, 0.1) is 29.6 Å². The number of carbonyl (C=O) groups is 2. The quantitative estimate of drug-likeness (QED) is 0.353. The van der Waals surface area contributed by atoms with Crippen LogP contribution in [0.4, 0.5) is 0 Å². The van der Waals surface area contributed by atoms with Gasteiger partial charge in [-0.15, -0.1) is 11.8 Å². The van der Waals surface area contributed by atoms with Gasteiger partial charge < -0.3 is 4.98 Å². The van der Waals surface area contributed by atoms with Gasteiger partial charge in [0.2, 0.25) is 0 Å². The predicted molar refractivity (Wildman–Crippen MR) is 141 cm³/mol. The predicted octanol–water partition coefficient (Wildman–Crippen LogP) is 5.25. The molecular formula is C26H19Cl2N3O3S2. The lowest BCUT2D eigenvalue weighted by molar-refractivity contribution is -0.140. The Labute approximate surface area is 224 Å². The first kappa shape index (κ1) is 22.8. The number of nitrogens with one attached hydrogen (secondary N) is 1. The highest BCUT2D eigenvalue weighted by Gasteiger charge is 2.69. The lowest BCUT2D eigenvalue weighted by atomic mass is 9.68. The number of imide groups is 1. The van der Waals surface area contributed by atoms with Crippen molar-refractivity contribution in [1.29, 1.82) is 0 Å². The molecule has 0 unspecified atom stereocenters. The van der Waals surface area contributed by atoms with Gasteiger partial charge in [-0.1, -0.05) is 58.8 Å². The second-order valence-corrected chi connectivity index (χ2v) is 12.9. The van der Waals surface area contributed by atoms with Crippen LogP contribution >= 0.6 is 46.3 Å². The van der Waals surface area contributed by atoms with E-state index in [9.17, 15) is 14.4 Å². The maximum absolute atomic E-state index is 13.6. The second kappa shape index (κ2) is 8.31. The largest absolute Gasteiger partial charge is 0.307 e. The highest BCUT2D eigenvalue weighted by Crippen LogP contribution is 2.68. The zero-order chi connectivity index (χ0) is 24.7. The first-order valence-corrected chi connectivity index (χ1v) is 14.2. The van der Waals surface area contributed by atoms with E-state index in [4.69, 9.17) is 23.2 Å². The molecule has 182 valence electrons. The van der Waals surface area contributed by atoms with Crippen LogP contribution in [0.1, 0.15) is 28.3 Å². The lowest BCUT2D eigenvalue weighted by Crippen LogP contribution is -2.42. The lowest BCUT2D eigenvalue weighted by Gasteiger charge is -2.43. The number of halogens is 2. The summed E-state index contributed by atoms with van der Waals surface area (Å²) in [5, 5.41) is 7.69. The van der Waals surface area contributed by atoms with E-state index in [1.807, 2.05) is 24.3 Å². The van der Waals surface area contributed by atoms with Gasteiger partial charge in [-0.3, -0.25) is 14.4 Å². The van der Waals surface area contributed by atoms with E-state index < -0.39 is 0 Å². The molecule has 3 fully saturated rings. The van der Waals surface area contributed by atoms with Crippen LogP contribution in [0.5, 0.6) is 0 Å².